The van der Waals surface area contributed by atoms with E-state index in [2.05, 4.69) is 4.18 Å². The summed E-state index contributed by atoms with van der Waals surface area (Å²) >= 11 is 0. The van der Waals surface area contributed by atoms with Gasteiger partial charge in [0, 0.05) is 0 Å². The molecule has 0 rings (SSSR count). The first kappa shape index (κ1) is 11.6. The first-order valence-corrected chi connectivity index (χ1v) is 2.48. The van der Waals surface area contributed by atoms with E-state index < -0.39 is 10.4 Å². The summed E-state index contributed by atoms with van der Waals surface area (Å²) in [6.45, 7) is 0. The zero-order valence-corrected chi connectivity index (χ0v) is 3.84. The van der Waals surface area contributed by atoms with Gasteiger partial charge in [-0.15, -0.1) is 5.26 Å². The van der Waals surface area contributed by atoms with Crippen LogP contribution in [-0.4, -0.2) is 64.4 Å². The van der Waals surface area contributed by atoms with Crippen molar-refractivity contribution in [3.05, 3.63) is 0 Å². The van der Waals surface area contributed by atoms with Crippen molar-refractivity contribution in [3.63, 3.8) is 0 Å². The SMILES string of the molecule is N#COS(=O)(=O)O.[KH]. The summed E-state index contributed by atoms with van der Waals surface area (Å²) in [4.78, 5) is 0. The van der Waals surface area contributed by atoms with E-state index in [9.17, 15) is 8.42 Å². The number of hydrogen-bond acceptors (Lipinski definition) is 4. The van der Waals surface area contributed by atoms with Crippen LogP contribution < -0.4 is 0 Å². The Balaban J connectivity index is 0. The van der Waals surface area contributed by atoms with Crippen LogP contribution in [0.5, 0.6) is 0 Å². The minimum atomic E-state index is -4.54. The summed E-state index contributed by atoms with van der Waals surface area (Å²) in [5, 5.41) is 7.39. The molecule has 0 saturated heterocycles. The zero-order valence-electron chi connectivity index (χ0n) is 3.03. The molecule has 0 spiro atoms. The maximum atomic E-state index is 9.34. The minimum absolute atomic E-state index is 0. The van der Waals surface area contributed by atoms with Crippen LogP contribution in [0.25, 0.3) is 0 Å². The summed E-state index contributed by atoms with van der Waals surface area (Å²) in [6, 6.07) is 0. The molecule has 0 aliphatic carbocycles. The van der Waals surface area contributed by atoms with Gasteiger partial charge in [0.05, 0.1) is 0 Å². The number of nitrogens with zero attached hydrogens (tertiary/aromatic N) is 1. The molecule has 0 saturated carbocycles. The van der Waals surface area contributed by atoms with E-state index in [1.807, 2.05) is 0 Å². The Morgan fingerprint density at radius 3 is 2.00 bits per heavy atom. The van der Waals surface area contributed by atoms with E-state index in [1.54, 1.807) is 0 Å². The Hall–Kier alpha value is 0.836. The van der Waals surface area contributed by atoms with Crippen LogP contribution in [0.3, 0.4) is 0 Å². The van der Waals surface area contributed by atoms with Gasteiger partial charge in [0.15, 0.2) is 0 Å². The third kappa shape index (κ3) is 9.96. The molecular formula is CH2KNO4S. The molecule has 42 valence electrons. The standard InChI is InChI=1S/CHNO4S.K.H/c2-1-6-7(3,4)5;;/h(H,3,4,5);;. The third-order valence-corrected chi connectivity index (χ3v) is 0.428. The van der Waals surface area contributed by atoms with Crippen molar-refractivity contribution in [2.45, 2.75) is 0 Å². The Labute approximate surface area is 89.0 Å². The molecule has 0 heterocycles. The molecule has 0 unspecified atom stereocenters. The number of rotatable bonds is 1. The fourth-order valence-corrected chi connectivity index (χ4v) is 0.141. The molecule has 0 aliphatic heterocycles. The third-order valence-electron chi connectivity index (χ3n) is 0.143. The zero-order chi connectivity index (χ0) is 5.91. The van der Waals surface area contributed by atoms with E-state index in [0.29, 0.717) is 0 Å². The molecule has 0 aromatic rings. The monoisotopic (exact) mass is 163 g/mol. The van der Waals surface area contributed by atoms with E-state index in [0.717, 1.165) is 6.26 Å². The van der Waals surface area contributed by atoms with Gasteiger partial charge in [-0.25, -0.2) is 0 Å². The van der Waals surface area contributed by atoms with E-state index in [4.69, 9.17) is 9.81 Å². The summed E-state index contributed by atoms with van der Waals surface area (Å²) < 4.78 is 29.3. The summed E-state index contributed by atoms with van der Waals surface area (Å²) in [5.41, 5.74) is 0. The molecule has 0 bridgehead atoms. The molecule has 0 amide bonds. The molecular weight excluding hydrogens is 161 g/mol. The molecule has 0 radical (unpaired) electrons. The van der Waals surface area contributed by atoms with Gasteiger partial charge < -0.3 is 0 Å². The quantitative estimate of drug-likeness (QED) is 0.293. The van der Waals surface area contributed by atoms with Gasteiger partial charge >= 0.3 is 68.0 Å². The molecule has 8 heavy (non-hydrogen) atoms. The van der Waals surface area contributed by atoms with Gasteiger partial charge in [-0.05, 0) is 0 Å². The second-order valence-electron chi connectivity index (χ2n) is 0.602. The second-order valence-corrected chi connectivity index (χ2v) is 1.62. The van der Waals surface area contributed by atoms with Crippen molar-refractivity contribution >= 4 is 61.8 Å². The first-order chi connectivity index (χ1) is 3.06. The Morgan fingerprint density at radius 1 is 1.62 bits per heavy atom. The van der Waals surface area contributed by atoms with Crippen molar-refractivity contribution < 1.29 is 17.2 Å². The average Bonchev–Trinajstić information content (AvgIpc) is 1.30. The van der Waals surface area contributed by atoms with E-state index in [1.165, 1.54) is 0 Å². The maximum absolute atomic E-state index is 9.34. The molecule has 0 aliphatic rings. The van der Waals surface area contributed by atoms with Gasteiger partial charge in [0.1, 0.15) is 0 Å². The summed E-state index contributed by atoms with van der Waals surface area (Å²) in [7, 11) is -4.54. The fourth-order valence-electron chi connectivity index (χ4n) is 0.0471. The Kier molecular flexibility index (Phi) is 6.81. The van der Waals surface area contributed by atoms with E-state index in [-0.39, 0.29) is 51.4 Å². The van der Waals surface area contributed by atoms with Crippen LogP contribution in [0.15, 0.2) is 0 Å². The average molecular weight is 163 g/mol. The normalized spacial score (nSPS) is 8.50. The van der Waals surface area contributed by atoms with Gasteiger partial charge in [-0.1, -0.05) is 0 Å². The molecule has 0 atom stereocenters. The number of nitriles is 1. The van der Waals surface area contributed by atoms with Crippen LogP contribution in [0.4, 0.5) is 0 Å². The Bertz CT molecular complexity index is 177. The second kappa shape index (κ2) is 4.69. The molecule has 0 aromatic carbocycles. The number of hydrogen-bond donors (Lipinski definition) is 1. The van der Waals surface area contributed by atoms with Gasteiger partial charge in [0.25, 0.3) is 0 Å². The van der Waals surface area contributed by atoms with Crippen LogP contribution in [-0.2, 0) is 14.6 Å². The van der Waals surface area contributed by atoms with Crippen LogP contribution in [0.1, 0.15) is 0 Å². The molecule has 0 aromatic heterocycles. The van der Waals surface area contributed by atoms with Crippen LogP contribution >= 0.6 is 0 Å². The van der Waals surface area contributed by atoms with Crippen molar-refractivity contribution in [2.75, 3.05) is 0 Å². The van der Waals surface area contributed by atoms with Crippen LogP contribution in [0, 0.1) is 11.5 Å². The van der Waals surface area contributed by atoms with Gasteiger partial charge in [-0.3, -0.25) is 8.74 Å². The molecule has 5 nitrogen and oxygen atoms in total. The van der Waals surface area contributed by atoms with Crippen molar-refractivity contribution in [3.8, 4) is 6.26 Å². The molecule has 0 fully saturated rings. The van der Waals surface area contributed by atoms with Crippen molar-refractivity contribution in [1.82, 2.24) is 0 Å². The summed E-state index contributed by atoms with van der Waals surface area (Å²) in [6.07, 6.45) is 0.770. The molecule has 1 N–H and O–H groups in total. The topological polar surface area (TPSA) is 87.4 Å². The van der Waals surface area contributed by atoms with Crippen LogP contribution in [0.2, 0.25) is 0 Å². The van der Waals surface area contributed by atoms with E-state index >= 15 is 0 Å². The predicted octanol–water partition coefficient (Wildman–Crippen LogP) is -1.36. The van der Waals surface area contributed by atoms with Crippen molar-refractivity contribution in [2.24, 2.45) is 0 Å². The van der Waals surface area contributed by atoms with Crippen molar-refractivity contribution in [1.29, 1.82) is 5.26 Å². The molecule has 7 heteroatoms. The fraction of sp³-hybridized carbons (Fsp3) is 0. The van der Waals surface area contributed by atoms with Gasteiger partial charge in [0.2, 0.25) is 0 Å². The first-order valence-electron chi connectivity index (χ1n) is 1.11. The summed E-state index contributed by atoms with van der Waals surface area (Å²) in [5.74, 6) is 0. The van der Waals surface area contributed by atoms with Gasteiger partial charge in [-0.2, -0.15) is 8.42 Å². The predicted molar refractivity (Wildman–Crippen MR) is 25.4 cm³/mol. The Morgan fingerprint density at radius 2 is 2.00 bits per heavy atom.